The van der Waals surface area contributed by atoms with Crippen molar-refractivity contribution in [2.24, 2.45) is 5.73 Å². The number of ketones is 2. The van der Waals surface area contributed by atoms with Crippen molar-refractivity contribution in [1.29, 1.82) is 0 Å². The SMILES string of the molecule is CC(N)CC(=O)NCCOCCOCCCNC(=O)CCC(NC(=O)c1ccc(N(Cc2cnc3nc(N)[nH]c(=O)c3n2)C(=O)OCc2ccc(OP3(=O)OCCCO3)c(C(=O)OCOC(=O)CCC(=O)O)c2)cc1)C(=O)O.COc1c(C)c2c(c(OC(NC(=O)OCC3=CC(=O)c4c(CCNC(=O)CCOCCOCCOCCNC(C)=O)cccc4C3=O)C(F)(F)F)c1C/C=C(\C)CCC(=O)O)C(=O)OC2.[Fm].[Fm].[Fm]. The van der Waals surface area contributed by atoms with Crippen LogP contribution in [-0.2, 0) is 132 Å². The quantitative estimate of drug-likeness (QED) is 0.00544. The van der Waals surface area contributed by atoms with E-state index in [1.807, 2.05) is 0 Å². The van der Waals surface area contributed by atoms with Gasteiger partial charge in [-0.3, -0.25) is 77.0 Å². The van der Waals surface area contributed by atoms with Gasteiger partial charge in [-0.1, -0.05) is 35.9 Å². The summed E-state index contributed by atoms with van der Waals surface area (Å²) in [7, 11) is -2.95. The number of H-pyrrole nitrogens is 1. The van der Waals surface area contributed by atoms with E-state index in [0.29, 0.717) is 95.5 Å². The van der Waals surface area contributed by atoms with E-state index in [1.54, 1.807) is 38.2 Å². The second-order valence-electron chi connectivity index (χ2n) is 31.6. The number of aromatic nitrogens is 4. The summed E-state index contributed by atoms with van der Waals surface area (Å²) >= 11 is 0. The Kier molecular flexibility index (Phi) is 48.4. The molecule has 7 amide bonds. The van der Waals surface area contributed by atoms with E-state index in [4.69, 9.17) is 92.1 Å². The van der Waals surface area contributed by atoms with Crippen molar-refractivity contribution in [3.05, 3.63) is 162 Å². The topological polar surface area (TPSA) is 671 Å². The predicted octanol–water partition coefficient (Wildman–Crippen LogP) is 5.70. The number of carbonyl (C=O) groups excluding carboxylic acids is 12. The van der Waals surface area contributed by atoms with Crippen molar-refractivity contribution < 1.29 is 175 Å². The number of carbonyl (C=O) groups is 15. The van der Waals surface area contributed by atoms with Crippen LogP contribution >= 0.6 is 7.82 Å². The summed E-state index contributed by atoms with van der Waals surface area (Å²) < 4.78 is 136. The summed E-state index contributed by atoms with van der Waals surface area (Å²) in [6, 6.07) is 11.7. The fourth-order valence-electron chi connectivity index (χ4n) is 13.4. The summed E-state index contributed by atoms with van der Waals surface area (Å²) in [6.45, 7) is 7.33. The molecular weight excluding hydrogens is 2690 g/mol. The number of Topliss-reactive ketones (excluding diaryl/α,β-unsaturated/α-hetero) is 1. The van der Waals surface area contributed by atoms with Gasteiger partial charge in [0.2, 0.25) is 36.4 Å². The molecule has 4 heterocycles. The van der Waals surface area contributed by atoms with Crippen LogP contribution < -0.4 is 67.8 Å². The van der Waals surface area contributed by atoms with Crippen molar-refractivity contribution >= 4 is 120 Å². The molecule has 0 bridgehead atoms. The number of fused-ring (bicyclic) bond motifs is 3. The summed E-state index contributed by atoms with van der Waals surface area (Å²) in [5.74, 6) is -11.2. The molecule has 3 atom stereocenters. The number of amides is 7. The third-order valence-electron chi connectivity index (χ3n) is 20.5. The number of nitrogens with one attached hydrogen (secondary N) is 7. The minimum atomic E-state index is -5.29. The number of aromatic amines is 1. The maximum atomic E-state index is 14.5. The Balaban J connectivity index is 0.000000511. The number of rotatable bonds is 57. The monoisotopic (exact) mass is 2800 g/mol. The van der Waals surface area contributed by atoms with Crippen LogP contribution in [-0.4, -0.2) is 275 Å². The number of nitrogens with two attached hydrogens (primary N) is 2. The molecule has 55 heteroatoms. The molecular formula is C91H111F3Fm3N13O35P. The van der Waals surface area contributed by atoms with Crippen molar-refractivity contribution in [2.75, 3.05) is 137 Å². The zero-order valence-electron chi connectivity index (χ0n) is 79.4. The number of ether oxygens (including phenoxy) is 12. The Hall–Kier alpha value is -17.5. The Labute approximate surface area is 814 Å². The molecule has 0 saturated carbocycles. The van der Waals surface area contributed by atoms with E-state index >= 15 is 0 Å². The standard InChI is InChI=1S/C47H59N10O20P.C44H52F3N3O15.3Fm/c1-28(48)22-37(59)51-15-19-71-21-20-70-16-2-14-50-36(58)11-9-34(44(65)66)54-42(63)30-5-7-32(8-6-30)57(25-31-24-52-41-40(53-31)43(64)56-46(49)55-41)47(68)72-26-29-4-10-35(77-78(69)75-17-3-18-76-78)33(23-29)45(67)74-27-73-39(62)13-12-38(60)61;1-25(9-11-35(54)55)8-10-31-39(59-4)26(2)32-24-63-41(57)37(32)40(31)65-42(44(45,46)47)50-43(58)64-23-29-22-33(52)36-28(6-5-7-30(36)38(29)56)12-14-49-34(53)13-16-60-18-20-62-21-19-61-17-15-48-27(3)51;;;/h4-8,10,23-24,28,34H,2-3,9,11-22,25-27,48H2,1H3,(H,50,58)(H,51,59)(H,54,63)(H,60,61)(H,65,66)(H3,49,52,55,56,64);5-8,22,42H,9-21,23-24H2,1-4H3,(H,48,51)(H,49,53)(H,50,58)(H,54,55);;;/b;25-8+;;;. The Morgan fingerprint density at radius 2 is 1.33 bits per heavy atom. The van der Waals surface area contributed by atoms with Crippen LogP contribution in [0.4, 0.5) is 34.4 Å². The van der Waals surface area contributed by atoms with Crippen molar-refractivity contribution in [3.8, 4) is 17.2 Å². The van der Waals surface area contributed by atoms with Gasteiger partial charge in [-0.15, -0.1) is 0 Å². The molecule has 4 aromatic carbocycles. The molecule has 3 aliphatic rings. The van der Waals surface area contributed by atoms with Gasteiger partial charge in [0.25, 0.3) is 17.7 Å². The molecule has 1 saturated heterocycles. The Morgan fingerprint density at radius 1 is 0.692 bits per heavy atom. The second kappa shape index (κ2) is 59.3. The minimum Gasteiger partial charge on any atom is -0.496 e. The number of alkyl carbamates (subject to hydrolysis) is 1. The van der Waals surface area contributed by atoms with Gasteiger partial charge < -0.3 is 115 Å². The van der Waals surface area contributed by atoms with Crippen LogP contribution in [0.5, 0.6) is 17.2 Å². The number of benzene rings is 4. The van der Waals surface area contributed by atoms with Crippen molar-refractivity contribution in [3.63, 3.8) is 0 Å². The van der Waals surface area contributed by atoms with Crippen LogP contribution in [0.25, 0.3) is 11.2 Å². The number of cyclic esters (lactones) is 1. The Bertz CT molecular complexity index is 5730. The number of esters is 3. The van der Waals surface area contributed by atoms with Crippen LogP contribution in [0.2, 0.25) is 0 Å². The summed E-state index contributed by atoms with van der Waals surface area (Å²) in [4.78, 5) is 215. The van der Waals surface area contributed by atoms with Crippen molar-refractivity contribution in [2.45, 2.75) is 149 Å². The molecule has 812 valence electrons. The van der Waals surface area contributed by atoms with Gasteiger partial charge in [0.05, 0.1) is 111 Å². The molecule has 1 fully saturated rings. The van der Waals surface area contributed by atoms with E-state index in [9.17, 15) is 99.6 Å². The number of hydrogen-bond donors (Lipinski definition) is 12. The van der Waals surface area contributed by atoms with Gasteiger partial charge in [-0.05, 0) is 118 Å². The number of carboxylic acids is 3. The van der Waals surface area contributed by atoms with Gasteiger partial charge in [-0.2, -0.15) is 18.2 Å². The van der Waals surface area contributed by atoms with E-state index in [0.717, 1.165) is 17.0 Å². The van der Waals surface area contributed by atoms with E-state index in [-0.39, 0.29) is 206 Å². The maximum absolute atomic E-state index is 14.5. The number of hydrogen-bond acceptors (Lipinski definition) is 37. The molecule has 3 unspecified atom stereocenters. The molecule has 146 heavy (non-hydrogen) atoms. The first-order valence-corrected chi connectivity index (χ1v) is 46.1. The number of nitrogen functional groups attached to an aromatic ring is 1. The fraction of sp³-hybridized carbons (Fsp3) is 0.462. The molecule has 2 aromatic heterocycles. The van der Waals surface area contributed by atoms with Gasteiger partial charge in [0.1, 0.15) is 54.2 Å². The van der Waals surface area contributed by atoms with Crippen LogP contribution in [0, 0.1) is 6.92 Å². The molecule has 1 aliphatic carbocycles. The van der Waals surface area contributed by atoms with E-state index in [1.165, 1.54) is 68.8 Å². The zero-order valence-corrected chi connectivity index (χ0v) is 87.5. The Morgan fingerprint density at radius 3 is 1.98 bits per heavy atom. The van der Waals surface area contributed by atoms with Gasteiger partial charge in [-0.25, -0.2) is 38.5 Å². The number of methoxy groups -OCH3 is 1. The molecule has 14 N–H and O–H groups in total. The summed E-state index contributed by atoms with van der Waals surface area (Å²) in [5, 5.41) is 42.4. The first-order valence-electron chi connectivity index (χ1n) is 44.6. The molecule has 6 aromatic rings. The third kappa shape index (κ3) is 38.5. The molecule has 0 radical (unpaired) electrons. The predicted molar refractivity (Wildman–Crippen MR) is 490 cm³/mol. The van der Waals surface area contributed by atoms with E-state index < -0.39 is 154 Å². The smallest absolute Gasteiger partial charge is 0.496 e. The molecule has 48 nitrogen and oxygen atoms in total. The van der Waals surface area contributed by atoms with Crippen LogP contribution in [0.3, 0.4) is 0 Å². The number of allylic oxidation sites excluding steroid dienone is 3. The normalized spacial score (nSPS) is 13.4. The maximum Gasteiger partial charge on any atom is 0.530 e. The number of phosphoric acid groups is 1. The fourth-order valence-corrected chi connectivity index (χ4v) is 14.7. The summed E-state index contributed by atoms with van der Waals surface area (Å²) in [5.41, 5.74) is 11.1. The second-order valence-corrected chi connectivity index (χ2v) is 33.2. The number of alkyl halides is 3. The van der Waals surface area contributed by atoms with Gasteiger partial charge in [0.15, 0.2) is 22.7 Å². The first kappa shape index (κ1) is 119. The third-order valence-corrected chi connectivity index (χ3v) is 21.9. The number of halogens is 3. The van der Waals surface area contributed by atoms with Gasteiger partial charge >= 0.3 is 62.0 Å². The van der Waals surface area contributed by atoms with Crippen LogP contribution in [0.15, 0.2) is 95.0 Å². The largest absolute Gasteiger partial charge is 0.530 e. The number of phosphoric ester groups is 1. The van der Waals surface area contributed by atoms with Crippen LogP contribution in [0.1, 0.15) is 170 Å². The number of aliphatic carboxylic acids is 3. The number of anilines is 2. The average Bonchev–Trinajstić information content (AvgIpc) is 1.78. The molecule has 0 spiro atoms. The molecule has 9 rings (SSSR count). The van der Waals surface area contributed by atoms with E-state index in [2.05, 4.69) is 46.5 Å². The molecule has 2 aliphatic heterocycles. The van der Waals surface area contributed by atoms with Crippen molar-refractivity contribution in [1.82, 2.24) is 51.8 Å². The average molecular weight is 2810 g/mol. The summed E-state index contributed by atoms with van der Waals surface area (Å²) in [6.07, 6.45) is -7.87. The first-order chi connectivity index (χ1) is 68.2. The van der Waals surface area contributed by atoms with Gasteiger partial charge in [0, 0.05) is 111 Å². The zero-order chi connectivity index (χ0) is 104. The minimum absolute atomic E-state index is 0. The number of nitrogens with zero attached hydrogens (tertiary/aromatic N) is 4. The number of carboxylic acid groups (broad SMARTS) is 3.